The van der Waals surface area contributed by atoms with E-state index in [0.29, 0.717) is 6.54 Å². The van der Waals surface area contributed by atoms with Crippen LogP contribution >= 0.6 is 24.8 Å². The van der Waals surface area contributed by atoms with Crippen LogP contribution in [0, 0.1) is 0 Å². The van der Waals surface area contributed by atoms with E-state index < -0.39 is 0 Å². The molecule has 0 aliphatic carbocycles. The first kappa shape index (κ1) is 13.2. The van der Waals surface area contributed by atoms with Crippen LogP contribution in [0.5, 0.6) is 0 Å². The molecular weight excluding hydrogens is 221 g/mol. The van der Waals surface area contributed by atoms with E-state index in [-0.39, 0.29) is 24.8 Å². The number of nitrogens with two attached hydrogens (primary N) is 1. The van der Waals surface area contributed by atoms with Crippen molar-refractivity contribution in [2.24, 2.45) is 12.8 Å². The average Bonchev–Trinajstić information content (AvgIpc) is 2.48. The third-order valence-electron chi connectivity index (χ3n) is 2.06. The molecular formula is C9H13Cl2N3. The predicted octanol–water partition coefficient (Wildman–Crippen LogP) is 1.88. The number of hydrogen-bond acceptors (Lipinski definition) is 2. The van der Waals surface area contributed by atoms with E-state index in [1.807, 2.05) is 36.1 Å². The van der Waals surface area contributed by atoms with E-state index in [1.165, 1.54) is 0 Å². The minimum absolute atomic E-state index is 0. The quantitative estimate of drug-likeness (QED) is 0.818. The van der Waals surface area contributed by atoms with Gasteiger partial charge in [0.15, 0.2) is 0 Å². The van der Waals surface area contributed by atoms with E-state index in [1.54, 1.807) is 0 Å². The Bertz CT molecular complexity index is 411. The summed E-state index contributed by atoms with van der Waals surface area (Å²) >= 11 is 0. The largest absolute Gasteiger partial charge is 0.326 e. The Kier molecular flexibility index (Phi) is 4.91. The molecule has 5 heteroatoms. The van der Waals surface area contributed by atoms with Gasteiger partial charge in [0.2, 0.25) is 0 Å². The molecule has 0 atom stereocenters. The van der Waals surface area contributed by atoms with Crippen LogP contribution in [0.1, 0.15) is 5.56 Å². The van der Waals surface area contributed by atoms with E-state index in [4.69, 9.17) is 5.73 Å². The smallest absolute Gasteiger partial charge is 0.0723 e. The first-order chi connectivity index (χ1) is 5.83. The second-order valence-corrected chi connectivity index (χ2v) is 2.83. The number of fused-ring (bicyclic) bond motifs is 1. The maximum absolute atomic E-state index is 5.60. The lowest BCUT2D eigenvalue weighted by Crippen LogP contribution is -2.00. The monoisotopic (exact) mass is 233 g/mol. The highest BCUT2D eigenvalue weighted by molar-refractivity contribution is 5.85. The van der Waals surface area contributed by atoms with E-state index in [0.717, 1.165) is 16.5 Å². The SMILES string of the molecule is Cl.Cl.Cn1ncc2cccc(CN)c21. The molecule has 0 unspecified atom stereocenters. The fourth-order valence-corrected chi connectivity index (χ4v) is 1.48. The molecule has 0 aliphatic heterocycles. The number of benzene rings is 1. The Labute approximate surface area is 95.1 Å². The molecule has 0 bridgehead atoms. The molecule has 78 valence electrons. The minimum atomic E-state index is 0. The summed E-state index contributed by atoms with van der Waals surface area (Å²) < 4.78 is 1.86. The molecule has 0 amide bonds. The summed E-state index contributed by atoms with van der Waals surface area (Å²) in [6.45, 7) is 0.566. The van der Waals surface area contributed by atoms with Crippen molar-refractivity contribution in [1.29, 1.82) is 0 Å². The van der Waals surface area contributed by atoms with E-state index in [2.05, 4.69) is 5.10 Å². The first-order valence-corrected chi connectivity index (χ1v) is 3.92. The van der Waals surface area contributed by atoms with Crippen molar-refractivity contribution >= 4 is 35.7 Å². The van der Waals surface area contributed by atoms with Gasteiger partial charge in [-0.15, -0.1) is 24.8 Å². The fraction of sp³-hybridized carbons (Fsp3) is 0.222. The number of aromatic nitrogens is 2. The molecule has 0 saturated heterocycles. The van der Waals surface area contributed by atoms with Crippen LogP contribution < -0.4 is 5.73 Å². The summed E-state index contributed by atoms with van der Waals surface area (Å²) in [6.07, 6.45) is 1.86. The van der Waals surface area contributed by atoms with Crippen molar-refractivity contribution in [3.8, 4) is 0 Å². The number of halogens is 2. The van der Waals surface area contributed by atoms with Crippen molar-refractivity contribution in [3.63, 3.8) is 0 Å². The summed E-state index contributed by atoms with van der Waals surface area (Å²) in [5, 5.41) is 5.32. The van der Waals surface area contributed by atoms with E-state index in [9.17, 15) is 0 Å². The lowest BCUT2D eigenvalue weighted by atomic mass is 10.1. The molecule has 2 rings (SSSR count). The van der Waals surface area contributed by atoms with Crippen molar-refractivity contribution in [2.75, 3.05) is 0 Å². The maximum atomic E-state index is 5.60. The fourth-order valence-electron chi connectivity index (χ4n) is 1.48. The molecule has 1 heterocycles. The third-order valence-corrected chi connectivity index (χ3v) is 2.06. The van der Waals surface area contributed by atoms with Gasteiger partial charge in [-0.1, -0.05) is 18.2 Å². The molecule has 2 aromatic rings. The van der Waals surface area contributed by atoms with Crippen LogP contribution in [0.2, 0.25) is 0 Å². The van der Waals surface area contributed by atoms with Gasteiger partial charge >= 0.3 is 0 Å². The molecule has 0 radical (unpaired) electrons. The van der Waals surface area contributed by atoms with Crippen LogP contribution in [-0.4, -0.2) is 9.78 Å². The third kappa shape index (κ3) is 2.00. The van der Waals surface area contributed by atoms with Gasteiger partial charge < -0.3 is 5.73 Å². The number of rotatable bonds is 1. The number of aryl methyl sites for hydroxylation is 1. The highest BCUT2D eigenvalue weighted by Crippen LogP contribution is 2.16. The standard InChI is InChI=1S/C9H11N3.2ClH/c1-12-9-7(5-10)3-2-4-8(9)6-11-12;;/h2-4,6H,5,10H2,1H3;2*1H. The van der Waals surface area contributed by atoms with Gasteiger partial charge in [0.25, 0.3) is 0 Å². The Morgan fingerprint density at radius 1 is 1.36 bits per heavy atom. The second kappa shape index (κ2) is 5.20. The van der Waals surface area contributed by atoms with Gasteiger partial charge in [-0.05, 0) is 5.56 Å². The summed E-state index contributed by atoms with van der Waals surface area (Å²) in [6, 6.07) is 6.08. The van der Waals surface area contributed by atoms with Gasteiger partial charge in [-0.25, -0.2) is 0 Å². The van der Waals surface area contributed by atoms with Crippen molar-refractivity contribution in [2.45, 2.75) is 6.54 Å². The highest BCUT2D eigenvalue weighted by Gasteiger charge is 2.02. The Morgan fingerprint density at radius 2 is 2.07 bits per heavy atom. The average molecular weight is 234 g/mol. The van der Waals surface area contributed by atoms with Gasteiger partial charge in [0.05, 0.1) is 11.7 Å². The van der Waals surface area contributed by atoms with Crippen LogP contribution in [0.3, 0.4) is 0 Å². The zero-order chi connectivity index (χ0) is 8.55. The molecule has 0 spiro atoms. The Balaban J connectivity index is 0.000000845. The Morgan fingerprint density at radius 3 is 2.71 bits per heavy atom. The molecule has 0 fully saturated rings. The summed E-state index contributed by atoms with van der Waals surface area (Å²) in [5.41, 5.74) is 7.89. The van der Waals surface area contributed by atoms with Crippen LogP contribution in [-0.2, 0) is 13.6 Å². The Hall–Kier alpha value is -0.770. The van der Waals surface area contributed by atoms with Gasteiger partial charge in [-0.2, -0.15) is 5.10 Å². The number of para-hydroxylation sites is 1. The van der Waals surface area contributed by atoms with Crippen molar-refractivity contribution < 1.29 is 0 Å². The molecule has 3 nitrogen and oxygen atoms in total. The normalized spacial score (nSPS) is 9.29. The maximum Gasteiger partial charge on any atom is 0.0723 e. The minimum Gasteiger partial charge on any atom is -0.326 e. The van der Waals surface area contributed by atoms with Crippen LogP contribution in [0.4, 0.5) is 0 Å². The van der Waals surface area contributed by atoms with Gasteiger partial charge in [0, 0.05) is 19.0 Å². The van der Waals surface area contributed by atoms with Gasteiger partial charge in [0.1, 0.15) is 0 Å². The van der Waals surface area contributed by atoms with Crippen molar-refractivity contribution in [3.05, 3.63) is 30.0 Å². The van der Waals surface area contributed by atoms with Crippen LogP contribution in [0.15, 0.2) is 24.4 Å². The first-order valence-electron chi connectivity index (χ1n) is 3.92. The number of hydrogen-bond donors (Lipinski definition) is 1. The molecule has 2 N–H and O–H groups in total. The second-order valence-electron chi connectivity index (χ2n) is 2.83. The molecule has 14 heavy (non-hydrogen) atoms. The summed E-state index contributed by atoms with van der Waals surface area (Å²) in [5.74, 6) is 0. The predicted molar refractivity (Wildman–Crippen MR) is 63.1 cm³/mol. The summed E-state index contributed by atoms with van der Waals surface area (Å²) in [4.78, 5) is 0. The molecule has 0 aliphatic rings. The lowest BCUT2D eigenvalue weighted by molar-refractivity contribution is 0.791. The zero-order valence-electron chi connectivity index (χ0n) is 7.80. The van der Waals surface area contributed by atoms with E-state index >= 15 is 0 Å². The lowest BCUT2D eigenvalue weighted by Gasteiger charge is -2.00. The topological polar surface area (TPSA) is 43.8 Å². The molecule has 1 aromatic heterocycles. The van der Waals surface area contributed by atoms with Gasteiger partial charge in [-0.3, -0.25) is 4.68 Å². The molecule has 1 aromatic carbocycles. The molecule has 0 saturated carbocycles. The van der Waals surface area contributed by atoms with Crippen LogP contribution in [0.25, 0.3) is 10.9 Å². The highest BCUT2D eigenvalue weighted by atomic mass is 35.5. The zero-order valence-corrected chi connectivity index (χ0v) is 9.44. The summed E-state index contributed by atoms with van der Waals surface area (Å²) in [7, 11) is 1.93. The number of nitrogens with zero attached hydrogens (tertiary/aromatic N) is 2. The van der Waals surface area contributed by atoms with Crippen molar-refractivity contribution in [1.82, 2.24) is 9.78 Å².